The minimum atomic E-state index is 0.374. The van der Waals surface area contributed by atoms with E-state index < -0.39 is 0 Å². The van der Waals surface area contributed by atoms with Crippen LogP contribution in [0.3, 0.4) is 0 Å². The molecule has 0 bridgehead atoms. The number of hydrogen-bond acceptors (Lipinski definition) is 3. The molecule has 3 nitrogen and oxygen atoms in total. The molecule has 1 unspecified atom stereocenters. The molecule has 0 saturated carbocycles. The summed E-state index contributed by atoms with van der Waals surface area (Å²) in [4.78, 5) is 7.89. The van der Waals surface area contributed by atoms with Gasteiger partial charge < -0.3 is 0 Å². The Bertz CT molecular complexity index is 484. The molecule has 3 fully saturated rings. The molecule has 0 aromatic heterocycles. The zero-order valence-corrected chi connectivity index (χ0v) is 27.2. The molecule has 0 amide bonds. The van der Waals surface area contributed by atoms with Crippen molar-refractivity contribution in [3.63, 3.8) is 0 Å². The zero-order chi connectivity index (χ0) is 27.6. The third kappa shape index (κ3) is 14.1. The number of likely N-dealkylation sites (tertiary alicyclic amines) is 3. The normalized spacial score (nSPS) is 28.5. The van der Waals surface area contributed by atoms with Crippen LogP contribution >= 0.6 is 0 Å². The highest BCUT2D eigenvalue weighted by molar-refractivity contribution is 4.81. The standard InChI is InChI=1S/3C11H23N/c3*1-10-7-5-6-8-12(9-10)11(2,3)4/h3*10H,5-9H2,1-4H3/t2*10-;/m10./s1. The van der Waals surface area contributed by atoms with E-state index in [0.717, 1.165) is 17.8 Å². The quantitative estimate of drug-likeness (QED) is 0.324. The van der Waals surface area contributed by atoms with Crippen LogP contribution in [-0.4, -0.2) is 70.6 Å². The van der Waals surface area contributed by atoms with E-state index in [1.54, 1.807) is 0 Å². The second kappa shape index (κ2) is 15.5. The second-order valence-electron chi connectivity index (χ2n) is 15.7. The Kier molecular flexibility index (Phi) is 14.6. The van der Waals surface area contributed by atoms with Crippen molar-refractivity contribution in [1.82, 2.24) is 14.7 Å². The minimum Gasteiger partial charge on any atom is -0.298 e. The molecule has 3 aliphatic heterocycles. The first-order valence-corrected chi connectivity index (χ1v) is 15.7. The maximum atomic E-state index is 2.63. The van der Waals surface area contributed by atoms with Crippen molar-refractivity contribution in [2.75, 3.05) is 39.3 Å². The minimum absolute atomic E-state index is 0.374. The van der Waals surface area contributed by atoms with Crippen molar-refractivity contribution in [1.29, 1.82) is 0 Å². The van der Waals surface area contributed by atoms with Gasteiger partial charge in [0.15, 0.2) is 0 Å². The molecule has 3 atom stereocenters. The lowest BCUT2D eigenvalue weighted by molar-refractivity contribution is 0.127. The largest absolute Gasteiger partial charge is 0.298 e. The Labute approximate surface area is 229 Å². The highest BCUT2D eigenvalue weighted by Gasteiger charge is 2.26. The summed E-state index contributed by atoms with van der Waals surface area (Å²) >= 11 is 0. The van der Waals surface area contributed by atoms with Crippen LogP contribution in [0.4, 0.5) is 0 Å². The molecule has 0 aromatic carbocycles. The Balaban J connectivity index is 0.000000270. The van der Waals surface area contributed by atoms with Gasteiger partial charge in [0.05, 0.1) is 0 Å². The topological polar surface area (TPSA) is 9.72 Å². The molecule has 3 rings (SSSR count). The molecular formula is C33H69N3. The Morgan fingerprint density at radius 3 is 0.806 bits per heavy atom. The summed E-state index contributed by atoms with van der Waals surface area (Å²) in [5, 5.41) is 0. The maximum absolute atomic E-state index is 2.63. The van der Waals surface area contributed by atoms with Gasteiger partial charge in [0.2, 0.25) is 0 Å². The van der Waals surface area contributed by atoms with Crippen molar-refractivity contribution >= 4 is 0 Å². The van der Waals surface area contributed by atoms with E-state index in [-0.39, 0.29) is 0 Å². The van der Waals surface area contributed by atoms with Gasteiger partial charge in [-0.15, -0.1) is 0 Å². The summed E-state index contributed by atoms with van der Waals surface area (Å²) in [5.41, 5.74) is 1.12. The second-order valence-corrected chi connectivity index (χ2v) is 15.7. The molecule has 3 saturated heterocycles. The van der Waals surface area contributed by atoms with Crippen molar-refractivity contribution < 1.29 is 0 Å². The lowest BCUT2D eigenvalue weighted by Crippen LogP contribution is -2.43. The summed E-state index contributed by atoms with van der Waals surface area (Å²) in [5.74, 6) is 2.69. The third-order valence-electron chi connectivity index (χ3n) is 8.57. The van der Waals surface area contributed by atoms with Crippen molar-refractivity contribution in [3.8, 4) is 0 Å². The first-order valence-electron chi connectivity index (χ1n) is 15.7. The van der Waals surface area contributed by atoms with E-state index in [1.807, 2.05) is 0 Å². The van der Waals surface area contributed by atoms with E-state index in [9.17, 15) is 0 Å². The summed E-state index contributed by atoms with van der Waals surface area (Å²) in [7, 11) is 0. The zero-order valence-electron chi connectivity index (χ0n) is 27.2. The van der Waals surface area contributed by atoms with Gasteiger partial charge in [0.25, 0.3) is 0 Å². The van der Waals surface area contributed by atoms with Gasteiger partial charge in [-0.1, -0.05) is 40.0 Å². The van der Waals surface area contributed by atoms with Crippen LogP contribution in [0.5, 0.6) is 0 Å². The Hall–Kier alpha value is -0.120. The number of nitrogens with zero attached hydrogens (tertiary/aromatic N) is 3. The summed E-state index contributed by atoms with van der Waals surface area (Å²) in [6.45, 7) is 35.8. The molecular weight excluding hydrogens is 438 g/mol. The number of hydrogen-bond donors (Lipinski definition) is 0. The molecule has 3 heterocycles. The van der Waals surface area contributed by atoms with E-state index >= 15 is 0 Å². The molecule has 0 radical (unpaired) electrons. The highest BCUT2D eigenvalue weighted by atomic mass is 15.2. The molecule has 3 heteroatoms. The van der Waals surface area contributed by atoms with E-state index in [1.165, 1.54) is 97.1 Å². The Morgan fingerprint density at radius 1 is 0.389 bits per heavy atom. The predicted molar refractivity (Wildman–Crippen MR) is 163 cm³/mol. The third-order valence-corrected chi connectivity index (χ3v) is 8.57. The average molecular weight is 508 g/mol. The summed E-state index contributed by atoms with van der Waals surface area (Å²) < 4.78 is 0. The molecule has 0 aromatic rings. The van der Waals surface area contributed by atoms with Crippen LogP contribution < -0.4 is 0 Å². The lowest BCUT2D eigenvalue weighted by Gasteiger charge is -2.35. The van der Waals surface area contributed by atoms with E-state index in [2.05, 4.69) is 97.8 Å². The van der Waals surface area contributed by atoms with Gasteiger partial charge in [-0.25, -0.2) is 0 Å². The van der Waals surface area contributed by atoms with Crippen molar-refractivity contribution in [2.45, 2.75) is 157 Å². The van der Waals surface area contributed by atoms with Crippen molar-refractivity contribution in [2.24, 2.45) is 17.8 Å². The van der Waals surface area contributed by atoms with Gasteiger partial charge in [-0.05, 0) is 138 Å². The predicted octanol–water partition coefficient (Wildman–Crippen LogP) is 8.72. The summed E-state index contributed by atoms with van der Waals surface area (Å²) in [6, 6.07) is 0. The van der Waals surface area contributed by atoms with Gasteiger partial charge in [-0.2, -0.15) is 0 Å². The van der Waals surface area contributed by atoms with Crippen molar-refractivity contribution in [3.05, 3.63) is 0 Å². The fourth-order valence-corrected chi connectivity index (χ4v) is 5.89. The fourth-order valence-electron chi connectivity index (χ4n) is 5.89. The summed E-state index contributed by atoms with van der Waals surface area (Å²) in [6.07, 6.45) is 12.7. The van der Waals surface area contributed by atoms with E-state index in [4.69, 9.17) is 0 Å². The van der Waals surface area contributed by atoms with Gasteiger partial charge in [-0.3, -0.25) is 14.7 Å². The van der Waals surface area contributed by atoms with Gasteiger partial charge >= 0.3 is 0 Å². The Morgan fingerprint density at radius 2 is 0.611 bits per heavy atom. The lowest BCUT2D eigenvalue weighted by atomic mass is 10.0. The SMILES string of the molecule is CC1CCCCN(C(C)(C)C)C1.C[C@@H]1CCCCN(C(C)(C)C)C1.C[C@H]1CCCCN(C(C)(C)C)C1. The van der Waals surface area contributed by atoms with Crippen LogP contribution in [0.15, 0.2) is 0 Å². The molecule has 0 N–H and O–H groups in total. The average Bonchev–Trinajstić information content (AvgIpc) is 3.19. The fraction of sp³-hybridized carbons (Fsp3) is 1.00. The molecule has 0 spiro atoms. The van der Waals surface area contributed by atoms with Crippen LogP contribution in [0, 0.1) is 17.8 Å². The van der Waals surface area contributed by atoms with E-state index in [0.29, 0.717) is 16.6 Å². The molecule has 36 heavy (non-hydrogen) atoms. The first-order chi connectivity index (χ1) is 16.5. The molecule has 216 valence electrons. The van der Waals surface area contributed by atoms with Crippen LogP contribution in [0.25, 0.3) is 0 Å². The van der Waals surface area contributed by atoms with Crippen LogP contribution in [-0.2, 0) is 0 Å². The number of rotatable bonds is 0. The molecule has 0 aliphatic carbocycles. The van der Waals surface area contributed by atoms with Gasteiger partial charge in [0, 0.05) is 36.3 Å². The molecule has 3 aliphatic rings. The first kappa shape index (κ1) is 33.9. The van der Waals surface area contributed by atoms with Gasteiger partial charge in [0.1, 0.15) is 0 Å². The highest BCUT2D eigenvalue weighted by Crippen LogP contribution is 2.24. The maximum Gasteiger partial charge on any atom is 0.0125 e. The van der Waals surface area contributed by atoms with Crippen LogP contribution in [0.2, 0.25) is 0 Å². The monoisotopic (exact) mass is 508 g/mol. The smallest absolute Gasteiger partial charge is 0.0125 e. The van der Waals surface area contributed by atoms with Crippen LogP contribution in [0.1, 0.15) is 141 Å².